The summed E-state index contributed by atoms with van der Waals surface area (Å²) in [7, 11) is 0. The molecule has 2 aromatic rings. The van der Waals surface area contributed by atoms with E-state index in [1.165, 1.54) is 22.2 Å². The molecule has 0 aliphatic carbocycles. The molecule has 43 heavy (non-hydrogen) atoms. The fourth-order valence-corrected chi connectivity index (χ4v) is 5.14. The van der Waals surface area contributed by atoms with E-state index in [4.69, 9.17) is 0 Å². The number of anilines is 2. The Morgan fingerprint density at radius 2 is 0.814 bits per heavy atom. The Balaban J connectivity index is 2.45. The Hall–Kier alpha value is -2.92. The SMILES string of the molecule is CC(C)c1cccc(C(C)C)c1N1C=CN(c2c(C(C)C)cccc2C(C)C)C1=BC(F)(F)C(F)(F)C(F)(F)C(F)(F)F. The second-order valence-corrected chi connectivity index (χ2v) is 12.0. The van der Waals surface area contributed by atoms with Crippen LogP contribution in [0.4, 0.5) is 50.9 Å². The average molecular weight is 618 g/mol. The van der Waals surface area contributed by atoms with Crippen LogP contribution in [0.3, 0.4) is 0 Å². The van der Waals surface area contributed by atoms with Crippen molar-refractivity contribution in [3.63, 3.8) is 0 Å². The Kier molecular flexibility index (Phi) is 9.55. The Bertz CT molecular complexity index is 1250. The number of rotatable bonds is 9. The Morgan fingerprint density at radius 1 is 0.512 bits per heavy atom. The van der Waals surface area contributed by atoms with Gasteiger partial charge in [-0.2, -0.15) is 0 Å². The van der Waals surface area contributed by atoms with Gasteiger partial charge in [0.15, 0.2) is 0 Å². The maximum absolute atomic E-state index is 15.4. The molecule has 0 radical (unpaired) electrons. The third-order valence-corrected chi connectivity index (χ3v) is 7.50. The molecule has 1 aliphatic rings. The average Bonchev–Trinajstić information content (AvgIpc) is 3.28. The number of alkyl halides is 9. The molecule has 0 bridgehead atoms. The molecule has 0 aromatic heterocycles. The zero-order chi connectivity index (χ0) is 32.9. The molecule has 0 fully saturated rings. The molecule has 2 aromatic carbocycles. The van der Waals surface area contributed by atoms with Gasteiger partial charge in [0.1, 0.15) is 0 Å². The van der Waals surface area contributed by atoms with Crippen LogP contribution in [0.1, 0.15) is 101 Å². The van der Waals surface area contributed by atoms with E-state index >= 15 is 8.78 Å². The van der Waals surface area contributed by atoms with E-state index in [1.807, 2.05) is 55.4 Å². The number of para-hydroxylation sites is 2. The monoisotopic (exact) mass is 618 g/mol. The van der Waals surface area contributed by atoms with Crippen LogP contribution >= 0.6 is 0 Å². The van der Waals surface area contributed by atoms with Crippen molar-refractivity contribution in [1.29, 1.82) is 0 Å². The van der Waals surface area contributed by atoms with Gasteiger partial charge in [-0.1, -0.05) is 0 Å². The molecule has 0 saturated carbocycles. The summed E-state index contributed by atoms with van der Waals surface area (Å²) in [5.41, 5.74) is 2.58. The number of halogens is 9. The van der Waals surface area contributed by atoms with Crippen molar-refractivity contribution < 1.29 is 39.5 Å². The van der Waals surface area contributed by atoms with Gasteiger partial charge < -0.3 is 0 Å². The molecule has 1 heterocycles. The first-order chi connectivity index (χ1) is 19.6. The topological polar surface area (TPSA) is 6.48 Å². The summed E-state index contributed by atoms with van der Waals surface area (Å²) in [5.74, 6) is -20.5. The molecule has 0 spiro atoms. The van der Waals surface area contributed by atoms with E-state index in [1.54, 1.807) is 36.4 Å². The molecule has 0 saturated heterocycles. The van der Waals surface area contributed by atoms with Gasteiger partial charge in [-0.3, -0.25) is 0 Å². The number of benzene rings is 2. The zero-order valence-electron chi connectivity index (χ0n) is 25.3. The van der Waals surface area contributed by atoms with Crippen molar-refractivity contribution in [3.8, 4) is 0 Å². The van der Waals surface area contributed by atoms with Crippen LogP contribution in [0.2, 0.25) is 0 Å². The fraction of sp³-hybridized carbons (Fsp3) is 0.516. The summed E-state index contributed by atoms with van der Waals surface area (Å²) in [6.07, 6.45) is -4.23. The molecule has 236 valence electrons. The number of hydrogen-bond acceptors (Lipinski definition) is 2. The zero-order valence-corrected chi connectivity index (χ0v) is 25.3. The summed E-state index contributed by atoms with van der Waals surface area (Å²) in [5, 5.41) is 0. The van der Waals surface area contributed by atoms with E-state index in [0.29, 0.717) is 33.6 Å². The minimum absolute atomic E-state index is 0.192. The third kappa shape index (κ3) is 6.07. The molecule has 12 heteroatoms. The van der Waals surface area contributed by atoms with Gasteiger partial charge in [0.2, 0.25) is 0 Å². The molecule has 0 N–H and O–H groups in total. The van der Waals surface area contributed by atoms with E-state index < -0.39 is 36.5 Å². The van der Waals surface area contributed by atoms with Crippen LogP contribution in [-0.4, -0.2) is 36.5 Å². The van der Waals surface area contributed by atoms with Gasteiger partial charge in [-0.25, -0.2) is 0 Å². The van der Waals surface area contributed by atoms with Gasteiger partial charge in [-0.15, -0.1) is 0 Å². The molecular weight excluding hydrogens is 582 g/mol. The van der Waals surface area contributed by atoms with Crippen LogP contribution in [0, 0.1) is 0 Å². The van der Waals surface area contributed by atoms with Crippen molar-refractivity contribution in [1.82, 2.24) is 0 Å². The Labute approximate surface area is 247 Å². The summed E-state index contributed by atoms with van der Waals surface area (Å²) >= 11 is 0. The molecule has 3 rings (SSSR count). The van der Waals surface area contributed by atoms with Gasteiger partial charge in [0.05, 0.1) is 0 Å². The van der Waals surface area contributed by atoms with Crippen molar-refractivity contribution in [2.75, 3.05) is 9.80 Å². The van der Waals surface area contributed by atoms with Gasteiger partial charge in [0, 0.05) is 0 Å². The van der Waals surface area contributed by atoms with Crippen molar-refractivity contribution in [2.24, 2.45) is 0 Å². The predicted molar refractivity (Wildman–Crippen MR) is 155 cm³/mol. The van der Waals surface area contributed by atoms with E-state index in [9.17, 15) is 30.7 Å². The third-order valence-electron chi connectivity index (χ3n) is 7.50. The second kappa shape index (κ2) is 11.9. The molecule has 2 nitrogen and oxygen atoms in total. The first-order valence-electron chi connectivity index (χ1n) is 14.0. The standard InChI is InChI=1S/C31H36BF9N2/c1-17(2)21-11-9-12-22(18(3)4)25(21)42-15-16-43(26-23(19(5)6)13-10-14-24(26)20(7)8)27(42)32-30(37,38)28(33,34)29(35,36)31(39,40)41/h9-20H,1-8H3. The van der Waals surface area contributed by atoms with Crippen molar-refractivity contribution >= 4 is 24.0 Å². The molecule has 0 atom stereocenters. The number of hydrogen-bond donors (Lipinski definition) is 0. The van der Waals surface area contributed by atoms with Crippen LogP contribution in [0.15, 0.2) is 48.8 Å². The van der Waals surface area contributed by atoms with E-state index in [0.717, 1.165) is 0 Å². The molecular formula is C31H36BF9N2. The van der Waals surface area contributed by atoms with Crippen LogP contribution < -0.4 is 9.80 Å². The number of nitrogens with zero attached hydrogens (tertiary/aromatic N) is 2. The molecule has 0 unspecified atom stereocenters. The fourth-order valence-electron chi connectivity index (χ4n) is 5.14. The molecule has 0 amide bonds. The van der Waals surface area contributed by atoms with E-state index in [2.05, 4.69) is 0 Å². The van der Waals surface area contributed by atoms with Crippen molar-refractivity contribution in [2.45, 2.75) is 103 Å². The quantitative estimate of drug-likeness (QED) is 0.204. The molecule has 1 aliphatic heterocycles. The minimum atomic E-state index is -7.01. The Morgan fingerprint density at radius 3 is 1.07 bits per heavy atom. The second-order valence-electron chi connectivity index (χ2n) is 12.0. The van der Waals surface area contributed by atoms with Crippen LogP contribution in [0.5, 0.6) is 0 Å². The van der Waals surface area contributed by atoms with Gasteiger partial charge in [0.25, 0.3) is 0 Å². The summed E-state index contributed by atoms with van der Waals surface area (Å²) in [6, 6.07) is 10.4. The summed E-state index contributed by atoms with van der Waals surface area (Å²) in [4.78, 5) is 2.36. The van der Waals surface area contributed by atoms with Crippen LogP contribution in [-0.2, 0) is 0 Å². The predicted octanol–water partition coefficient (Wildman–Crippen LogP) is 10.2. The normalized spacial score (nSPS) is 15.1. The maximum atomic E-state index is 15.4. The summed E-state index contributed by atoms with van der Waals surface area (Å²) < 4.78 is 127. The first-order valence-corrected chi connectivity index (χ1v) is 14.0. The van der Waals surface area contributed by atoms with Gasteiger partial charge >= 0.3 is 247 Å². The van der Waals surface area contributed by atoms with Crippen LogP contribution in [0.25, 0.3) is 0 Å². The van der Waals surface area contributed by atoms with Gasteiger partial charge in [-0.05, 0) is 0 Å². The van der Waals surface area contributed by atoms with Crippen molar-refractivity contribution in [3.05, 3.63) is 71.1 Å². The summed E-state index contributed by atoms with van der Waals surface area (Å²) in [6.45, 7) is 14.2. The first kappa shape index (κ1) is 34.6. The van der Waals surface area contributed by atoms with E-state index in [-0.39, 0.29) is 23.7 Å².